The Labute approximate surface area is 165 Å². The molecule has 0 saturated carbocycles. The van der Waals surface area contributed by atoms with E-state index in [1.165, 1.54) is 33.6 Å². The monoisotopic (exact) mass is 401 g/mol. The zero-order valence-electron chi connectivity index (χ0n) is 15.4. The number of carbonyl (C=O) groups excluding carboxylic acids is 2. The molecule has 7 nitrogen and oxygen atoms in total. The van der Waals surface area contributed by atoms with E-state index in [2.05, 4.69) is 26.7 Å². The Kier molecular flexibility index (Phi) is 5.62. The molecule has 0 atom stereocenters. The zero-order chi connectivity index (χ0) is 19.6. The van der Waals surface area contributed by atoms with Gasteiger partial charge in [-0.15, -0.1) is 0 Å². The summed E-state index contributed by atoms with van der Waals surface area (Å²) in [5, 5.41) is 6.49. The Morgan fingerprint density at radius 1 is 1.33 bits per heavy atom. The van der Waals surface area contributed by atoms with Crippen molar-refractivity contribution >= 4 is 57.1 Å². The lowest BCUT2D eigenvalue weighted by molar-refractivity contribution is -0.115. The molecule has 0 radical (unpaired) electrons. The van der Waals surface area contributed by atoms with Crippen molar-refractivity contribution in [3.63, 3.8) is 0 Å². The van der Waals surface area contributed by atoms with Crippen LogP contribution in [0.2, 0.25) is 0 Å². The number of anilines is 1. The second kappa shape index (κ2) is 7.93. The number of nitrogens with one attached hydrogen (secondary N) is 2. The molecule has 3 amide bonds. The molecule has 1 aromatic heterocycles. The van der Waals surface area contributed by atoms with Gasteiger partial charge in [0.1, 0.15) is 0 Å². The molecule has 3 rings (SSSR count). The molecule has 1 aromatic carbocycles. The third-order valence-corrected chi connectivity index (χ3v) is 5.41. The average molecular weight is 402 g/mol. The van der Waals surface area contributed by atoms with Crippen LogP contribution in [0.4, 0.5) is 15.6 Å². The minimum absolute atomic E-state index is 0.198. The number of amidine groups is 1. The molecule has 2 heterocycles. The van der Waals surface area contributed by atoms with Gasteiger partial charge in [0, 0.05) is 20.3 Å². The largest absolute Gasteiger partial charge is 0.331 e. The first-order valence-electron chi connectivity index (χ1n) is 8.13. The minimum atomic E-state index is -0.251. The number of thiazole rings is 1. The molecular weight excluding hydrogens is 382 g/mol. The quantitative estimate of drug-likeness (QED) is 0.767. The first-order chi connectivity index (χ1) is 12.8. The first-order valence-corrected chi connectivity index (χ1v) is 9.76. The van der Waals surface area contributed by atoms with E-state index in [1.807, 2.05) is 26.0 Å². The summed E-state index contributed by atoms with van der Waals surface area (Å²) in [6.45, 7) is 4.02. The summed E-state index contributed by atoms with van der Waals surface area (Å²) in [5.74, 6) is -0.198. The van der Waals surface area contributed by atoms with Gasteiger partial charge in [-0.05, 0) is 43.3 Å². The zero-order valence-corrected chi connectivity index (χ0v) is 17.0. The van der Waals surface area contributed by atoms with Gasteiger partial charge in [-0.2, -0.15) is 0 Å². The fourth-order valence-electron chi connectivity index (χ4n) is 2.26. The molecule has 140 valence electrons. The number of thioether (sulfide) groups is 1. The molecule has 27 heavy (non-hydrogen) atoms. The fraction of sp³-hybridized carbons (Fsp3) is 0.222. The van der Waals surface area contributed by atoms with Crippen molar-refractivity contribution in [2.75, 3.05) is 19.4 Å². The van der Waals surface area contributed by atoms with E-state index in [1.54, 1.807) is 26.4 Å². The maximum atomic E-state index is 12.2. The van der Waals surface area contributed by atoms with Crippen molar-refractivity contribution in [1.82, 2.24) is 15.2 Å². The van der Waals surface area contributed by atoms with Crippen LogP contribution < -0.4 is 10.6 Å². The molecule has 0 aliphatic carbocycles. The number of aryl methyl sites for hydroxylation is 2. The number of carbonyl (C=O) groups is 2. The van der Waals surface area contributed by atoms with E-state index in [-0.39, 0.29) is 11.9 Å². The van der Waals surface area contributed by atoms with Gasteiger partial charge in [0.15, 0.2) is 10.3 Å². The van der Waals surface area contributed by atoms with Crippen molar-refractivity contribution in [3.8, 4) is 0 Å². The van der Waals surface area contributed by atoms with Crippen molar-refractivity contribution in [2.24, 2.45) is 4.99 Å². The van der Waals surface area contributed by atoms with Crippen LogP contribution in [0.15, 0.2) is 34.3 Å². The number of rotatable bonds is 3. The molecule has 0 spiro atoms. The third-order valence-electron chi connectivity index (χ3n) is 3.64. The molecule has 2 N–H and O–H groups in total. The first kappa shape index (κ1) is 19.1. The molecule has 1 aliphatic rings. The molecule has 1 aliphatic heterocycles. The van der Waals surface area contributed by atoms with E-state index in [9.17, 15) is 9.59 Å². The number of hydrogen-bond donors (Lipinski definition) is 2. The number of urea groups is 1. The number of aliphatic imine (C=N–C) groups is 1. The Hall–Kier alpha value is -2.65. The molecule has 9 heteroatoms. The SMILES string of the molecule is Cc1ccc(/N=C2/NC(=O)/C(=C/c3cnc(NC(=O)N(C)C)s3)S2)c(C)c1. The van der Waals surface area contributed by atoms with Crippen LogP contribution in [0, 0.1) is 13.8 Å². The van der Waals surface area contributed by atoms with E-state index >= 15 is 0 Å². The minimum Gasteiger partial charge on any atom is -0.331 e. The number of amides is 3. The van der Waals surface area contributed by atoms with Gasteiger partial charge in [-0.3, -0.25) is 10.1 Å². The maximum absolute atomic E-state index is 12.2. The van der Waals surface area contributed by atoms with Crippen molar-refractivity contribution in [3.05, 3.63) is 45.3 Å². The van der Waals surface area contributed by atoms with Crippen LogP contribution in [0.25, 0.3) is 6.08 Å². The summed E-state index contributed by atoms with van der Waals surface area (Å²) in [5.41, 5.74) is 3.05. The predicted molar refractivity (Wildman–Crippen MR) is 112 cm³/mol. The lowest BCUT2D eigenvalue weighted by Gasteiger charge is -2.09. The van der Waals surface area contributed by atoms with E-state index in [0.29, 0.717) is 15.2 Å². The smallest absolute Gasteiger partial charge is 0.323 e. The second-order valence-electron chi connectivity index (χ2n) is 6.16. The molecule has 2 aromatic rings. The highest BCUT2D eigenvalue weighted by Gasteiger charge is 2.24. The number of hydrogen-bond acceptors (Lipinski definition) is 6. The van der Waals surface area contributed by atoms with Gasteiger partial charge >= 0.3 is 6.03 Å². The van der Waals surface area contributed by atoms with Crippen LogP contribution in [0.3, 0.4) is 0 Å². The van der Waals surface area contributed by atoms with Crippen molar-refractivity contribution in [1.29, 1.82) is 0 Å². The summed E-state index contributed by atoms with van der Waals surface area (Å²) in [6.07, 6.45) is 3.36. The van der Waals surface area contributed by atoms with Crippen LogP contribution >= 0.6 is 23.1 Å². The molecular formula is C18H19N5O2S2. The summed E-state index contributed by atoms with van der Waals surface area (Å²) < 4.78 is 0. The maximum Gasteiger partial charge on any atom is 0.323 e. The second-order valence-corrected chi connectivity index (χ2v) is 8.26. The molecule has 0 bridgehead atoms. The topological polar surface area (TPSA) is 86.7 Å². The Balaban J connectivity index is 1.75. The number of nitrogens with zero attached hydrogens (tertiary/aromatic N) is 3. The predicted octanol–water partition coefficient (Wildman–Crippen LogP) is 3.75. The normalized spacial score (nSPS) is 16.7. The van der Waals surface area contributed by atoms with Crippen molar-refractivity contribution < 1.29 is 9.59 Å². The van der Waals surface area contributed by atoms with Gasteiger partial charge in [-0.1, -0.05) is 29.0 Å². The van der Waals surface area contributed by atoms with Gasteiger partial charge in [0.2, 0.25) is 0 Å². The lowest BCUT2D eigenvalue weighted by Crippen LogP contribution is -2.27. The number of aromatic nitrogens is 1. The molecule has 1 fully saturated rings. The Morgan fingerprint density at radius 2 is 2.11 bits per heavy atom. The lowest BCUT2D eigenvalue weighted by atomic mass is 10.1. The van der Waals surface area contributed by atoms with E-state index in [4.69, 9.17) is 0 Å². The van der Waals surface area contributed by atoms with E-state index in [0.717, 1.165) is 16.1 Å². The van der Waals surface area contributed by atoms with Gasteiger partial charge in [0.05, 0.1) is 15.5 Å². The van der Waals surface area contributed by atoms with Crippen LogP contribution in [-0.4, -0.2) is 41.1 Å². The highest BCUT2D eigenvalue weighted by molar-refractivity contribution is 8.18. The Morgan fingerprint density at radius 3 is 2.81 bits per heavy atom. The van der Waals surface area contributed by atoms with Crippen LogP contribution in [-0.2, 0) is 4.79 Å². The highest BCUT2D eigenvalue weighted by Crippen LogP contribution is 2.31. The van der Waals surface area contributed by atoms with Gasteiger partial charge < -0.3 is 10.2 Å². The summed E-state index contributed by atoms with van der Waals surface area (Å²) >= 11 is 2.58. The van der Waals surface area contributed by atoms with Gasteiger partial charge in [0.25, 0.3) is 5.91 Å². The molecule has 1 saturated heterocycles. The molecule has 0 unspecified atom stereocenters. The summed E-state index contributed by atoms with van der Waals surface area (Å²) in [4.78, 5) is 35.3. The Bertz CT molecular complexity index is 962. The third kappa shape index (κ3) is 4.75. The standard InChI is InChI=1S/C18H19N5O2S2/c1-10-5-6-13(11(2)7-10)20-17-21-15(24)14(27-17)8-12-9-19-16(26-12)22-18(25)23(3)4/h5-9H,1-4H3,(H,19,22,25)(H,20,21,24)/b14-8-. The highest BCUT2D eigenvalue weighted by atomic mass is 32.2. The van der Waals surface area contributed by atoms with Crippen molar-refractivity contribution in [2.45, 2.75) is 13.8 Å². The van der Waals surface area contributed by atoms with E-state index < -0.39 is 0 Å². The fourth-order valence-corrected chi connectivity index (χ4v) is 3.91. The summed E-state index contributed by atoms with van der Waals surface area (Å²) in [6, 6.07) is 5.73. The van der Waals surface area contributed by atoms with Gasteiger partial charge in [-0.25, -0.2) is 14.8 Å². The summed E-state index contributed by atoms with van der Waals surface area (Å²) in [7, 11) is 3.31. The average Bonchev–Trinajstić information content (AvgIpc) is 3.17. The number of benzene rings is 1. The van der Waals surface area contributed by atoms with Crippen LogP contribution in [0.1, 0.15) is 16.0 Å². The van der Waals surface area contributed by atoms with Crippen LogP contribution in [0.5, 0.6) is 0 Å².